The summed E-state index contributed by atoms with van der Waals surface area (Å²) in [5.41, 5.74) is 0. The van der Waals surface area contributed by atoms with Crippen LogP contribution in [0.3, 0.4) is 0 Å². The molecule has 4 nitrogen and oxygen atoms in total. The summed E-state index contributed by atoms with van der Waals surface area (Å²) in [5.74, 6) is -1.26. The first-order valence-corrected chi connectivity index (χ1v) is 8.05. The molecule has 6 heteroatoms. The number of unbranched alkanes of at least 4 members (excludes halogenated alkanes) is 2. The third kappa shape index (κ3) is 8.75. The summed E-state index contributed by atoms with van der Waals surface area (Å²) in [6, 6.07) is 0. The van der Waals surface area contributed by atoms with E-state index in [-0.39, 0.29) is 31.1 Å². The van der Waals surface area contributed by atoms with Crippen molar-refractivity contribution in [1.29, 1.82) is 0 Å². The van der Waals surface area contributed by atoms with Gasteiger partial charge in [-0.1, -0.05) is 32.6 Å². The van der Waals surface area contributed by atoms with E-state index in [0.717, 1.165) is 19.3 Å². The molecule has 0 aromatic heterocycles. The van der Waals surface area contributed by atoms with E-state index in [0.29, 0.717) is 6.42 Å². The molecule has 0 aliphatic rings. The van der Waals surface area contributed by atoms with Crippen LogP contribution in [0.15, 0.2) is 0 Å². The summed E-state index contributed by atoms with van der Waals surface area (Å²) in [6.07, 6.45) is 2.61. The second-order valence-electron chi connectivity index (χ2n) is 4.80. The molecule has 0 aromatic carbocycles. The molecule has 0 fully saturated rings. The maximum Gasteiger partial charge on any atom is 1.00 e. The average molecular weight is 272 g/mol. The molecular formula is C12H26LiO4P. The van der Waals surface area contributed by atoms with Crippen molar-refractivity contribution in [2.75, 3.05) is 0 Å². The van der Waals surface area contributed by atoms with Crippen molar-refractivity contribution in [1.82, 2.24) is 0 Å². The van der Waals surface area contributed by atoms with E-state index in [9.17, 15) is 9.67 Å². The normalized spacial score (nSPS) is 13.8. The van der Waals surface area contributed by atoms with Gasteiger partial charge in [-0.25, -0.2) is 0 Å². The molecule has 104 valence electrons. The molecule has 18 heavy (non-hydrogen) atoms. The molecule has 0 bridgehead atoms. The van der Waals surface area contributed by atoms with E-state index in [1.807, 2.05) is 0 Å². The van der Waals surface area contributed by atoms with Crippen molar-refractivity contribution in [3.05, 3.63) is 0 Å². The molecule has 0 aliphatic carbocycles. The van der Waals surface area contributed by atoms with Gasteiger partial charge in [0, 0.05) is 0 Å². The Morgan fingerprint density at radius 2 is 1.50 bits per heavy atom. The monoisotopic (exact) mass is 272 g/mol. The minimum atomic E-state index is -3.52. The number of rotatable bonds is 9. The van der Waals surface area contributed by atoms with E-state index < -0.39 is 13.4 Å². The van der Waals surface area contributed by atoms with E-state index >= 15 is 0 Å². The van der Waals surface area contributed by atoms with Gasteiger partial charge in [-0.15, -0.1) is 0 Å². The van der Waals surface area contributed by atoms with Crippen LogP contribution >= 0.6 is 7.60 Å². The fourth-order valence-corrected chi connectivity index (χ4v) is 3.47. The minimum absolute atomic E-state index is 0. The third-order valence-corrected chi connectivity index (χ3v) is 4.52. The molecule has 0 saturated heterocycles. The minimum Gasteiger partial charge on any atom is -0.843 e. The Hall–Kier alpha value is 0.707. The van der Waals surface area contributed by atoms with E-state index in [1.54, 1.807) is 27.7 Å². The van der Waals surface area contributed by atoms with E-state index in [2.05, 4.69) is 6.92 Å². The Bertz CT molecular complexity index is 232. The Morgan fingerprint density at radius 1 is 1.06 bits per heavy atom. The fraction of sp³-hybridized carbons (Fsp3) is 1.00. The van der Waals surface area contributed by atoms with Crippen molar-refractivity contribution >= 4 is 7.60 Å². The van der Waals surface area contributed by atoms with E-state index in [1.165, 1.54) is 0 Å². The molecule has 0 rings (SSSR count). The Labute approximate surface area is 124 Å². The predicted octanol–water partition coefficient (Wildman–Crippen LogP) is 0.300. The van der Waals surface area contributed by atoms with Crippen LogP contribution in [0.4, 0.5) is 0 Å². The van der Waals surface area contributed by atoms with Gasteiger partial charge in [0.15, 0.2) is 0 Å². The molecule has 1 unspecified atom stereocenters. The van der Waals surface area contributed by atoms with Gasteiger partial charge in [0.2, 0.25) is 0 Å². The third-order valence-electron chi connectivity index (χ3n) is 2.12. The molecule has 0 saturated carbocycles. The zero-order valence-electron chi connectivity index (χ0n) is 12.6. The van der Waals surface area contributed by atoms with Crippen LogP contribution < -0.4 is 24.0 Å². The fourth-order valence-electron chi connectivity index (χ4n) is 1.48. The first-order valence-electron chi connectivity index (χ1n) is 6.44. The smallest absolute Gasteiger partial charge is 0.843 e. The van der Waals surface area contributed by atoms with Gasteiger partial charge in [-0.3, -0.25) is 4.57 Å². The Balaban J connectivity index is 0. The van der Waals surface area contributed by atoms with Crippen LogP contribution in [0.1, 0.15) is 60.3 Å². The molecule has 0 heterocycles. The summed E-state index contributed by atoms with van der Waals surface area (Å²) in [5, 5.41) is 12.0. The van der Waals surface area contributed by atoms with Crippen molar-refractivity contribution in [2.45, 2.75) is 78.4 Å². The van der Waals surface area contributed by atoms with Crippen LogP contribution in [0.5, 0.6) is 0 Å². The largest absolute Gasteiger partial charge is 1.00 e. The second-order valence-corrected chi connectivity index (χ2v) is 6.88. The van der Waals surface area contributed by atoms with Gasteiger partial charge >= 0.3 is 26.5 Å². The zero-order chi connectivity index (χ0) is 13.5. The number of hydrogen-bond donors (Lipinski definition) is 0. The topological polar surface area (TPSA) is 58.6 Å². The average Bonchev–Trinajstić information content (AvgIpc) is 2.15. The Kier molecular flexibility index (Phi) is 12.2. The van der Waals surface area contributed by atoms with Gasteiger partial charge in [0.25, 0.3) is 0 Å². The van der Waals surface area contributed by atoms with Gasteiger partial charge in [0.05, 0.1) is 12.2 Å². The van der Waals surface area contributed by atoms with E-state index in [4.69, 9.17) is 9.05 Å². The van der Waals surface area contributed by atoms with Crippen LogP contribution in [0.2, 0.25) is 0 Å². The van der Waals surface area contributed by atoms with Crippen LogP contribution in [-0.2, 0) is 13.6 Å². The van der Waals surface area contributed by atoms with Gasteiger partial charge in [-0.2, -0.15) is 0 Å². The summed E-state index contributed by atoms with van der Waals surface area (Å²) in [6.45, 7) is 9.10. The Morgan fingerprint density at radius 3 is 1.83 bits per heavy atom. The maximum atomic E-state index is 12.4. The van der Waals surface area contributed by atoms with Gasteiger partial charge < -0.3 is 14.2 Å². The molecule has 0 radical (unpaired) electrons. The SMILES string of the molecule is CCCCCC([O-])P(=O)(OC(C)C)OC(C)C.[Li+]. The first-order chi connectivity index (χ1) is 7.81. The van der Waals surface area contributed by atoms with Crippen LogP contribution in [0.25, 0.3) is 0 Å². The molecular weight excluding hydrogens is 246 g/mol. The molecule has 0 spiro atoms. The molecule has 0 N–H and O–H groups in total. The van der Waals surface area contributed by atoms with Crippen LogP contribution in [0, 0.1) is 0 Å². The quantitative estimate of drug-likeness (QED) is 0.344. The summed E-state index contributed by atoms with van der Waals surface area (Å²) >= 11 is 0. The number of hydrogen-bond acceptors (Lipinski definition) is 4. The van der Waals surface area contributed by atoms with Crippen molar-refractivity contribution in [2.24, 2.45) is 0 Å². The molecule has 0 aromatic rings. The first kappa shape index (κ1) is 21.0. The van der Waals surface area contributed by atoms with Crippen molar-refractivity contribution < 1.29 is 37.6 Å². The summed E-state index contributed by atoms with van der Waals surface area (Å²) < 4.78 is 22.9. The van der Waals surface area contributed by atoms with Crippen LogP contribution in [-0.4, -0.2) is 18.1 Å². The molecule has 0 aliphatic heterocycles. The predicted molar refractivity (Wildman–Crippen MR) is 68.0 cm³/mol. The molecule has 0 amide bonds. The summed E-state index contributed by atoms with van der Waals surface area (Å²) in [4.78, 5) is 0. The van der Waals surface area contributed by atoms with Crippen molar-refractivity contribution in [3.63, 3.8) is 0 Å². The van der Waals surface area contributed by atoms with Crippen molar-refractivity contribution in [3.8, 4) is 0 Å². The van der Waals surface area contributed by atoms with Gasteiger partial charge in [-0.05, 0) is 33.5 Å². The zero-order valence-corrected chi connectivity index (χ0v) is 13.5. The summed E-state index contributed by atoms with van der Waals surface area (Å²) in [7, 11) is -3.52. The molecule has 1 atom stereocenters. The van der Waals surface area contributed by atoms with Gasteiger partial charge in [0.1, 0.15) is 0 Å². The maximum absolute atomic E-state index is 12.4. The second kappa shape index (κ2) is 10.5. The standard InChI is InChI=1S/C12H26O4P.Li/c1-6-7-8-9-12(13)17(14,15-10(2)3)16-11(4)5;/h10-12H,6-9H2,1-5H3;/q-1;+1.